The third kappa shape index (κ3) is 4.02. The van der Waals surface area contributed by atoms with E-state index >= 15 is 0 Å². The van der Waals surface area contributed by atoms with Crippen molar-refractivity contribution in [3.05, 3.63) is 24.3 Å². The van der Waals surface area contributed by atoms with Crippen molar-refractivity contribution in [2.24, 2.45) is 5.41 Å². The zero-order valence-electron chi connectivity index (χ0n) is 12.7. The largest absolute Gasteiger partial charge is 0.332 e. The van der Waals surface area contributed by atoms with Gasteiger partial charge in [0.15, 0.2) is 0 Å². The monoisotopic (exact) mass is 337 g/mol. The molecule has 21 heavy (non-hydrogen) atoms. The summed E-state index contributed by atoms with van der Waals surface area (Å²) in [5.74, 6) is 0. The Morgan fingerprint density at radius 3 is 2.00 bits per heavy atom. The third-order valence-electron chi connectivity index (χ3n) is 3.56. The highest BCUT2D eigenvalue weighted by Crippen LogP contribution is 2.28. The molecule has 1 aromatic carbocycles. The van der Waals surface area contributed by atoms with Crippen LogP contribution in [0.4, 0.5) is 3.89 Å². The minimum atomic E-state index is -4.94. The van der Waals surface area contributed by atoms with Gasteiger partial charge in [-0.15, -0.1) is 3.89 Å². The average Bonchev–Trinajstić information content (AvgIpc) is 2.35. The predicted octanol–water partition coefficient (Wildman–Crippen LogP) is 2.40. The van der Waals surface area contributed by atoms with Crippen molar-refractivity contribution in [1.82, 2.24) is 4.31 Å². The van der Waals surface area contributed by atoms with Crippen molar-refractivity contribution in [1.29, 1.82) is 0 Å². The van der Waals surface area contributed by atoms with Crippen LogP contribution in [-0.2, 0) is 20.2 Å². The molecule has 0 fully saturated rings. The van der Waals surface area contributed by atoms with Gasteiger partial charge in [0, 0.05) is 13.1 Å². The van der Waals surface area contributed by atoms with E-state index in [1.807, 2.05) is 20.8 Å². The van der Waals surface area contributed by atoms with Crippen LogP contribution in [0.15, 0.2) is 34.1 Å². The minimum absolute atomic E-state index is 0.250. The van der Waals surface area contributed by atoms with Crippen LogP contribution in [0.3, 0.4) is 0 Å². The summed E-state index contributed by atoms with van der Waals surface area (Å²) in [7, 11) is -7.43. The summed E-state index contributed by atoms with van der Waals surface area (Å²) in [6, 6.07) is 3.97. The fraction of sp³-hybridized carbons (Fsp3) is 0.538. The molecule has 5 nitrogen and oxygen atoms in total. The lowest BCUT2D eigenvalue weighted by Crippen LogP contribution is -2.42. The van der Waals surface area contributed by atoms with Crippen LogP contribution >= 0.6 is 0 Å². The first-order chi connectivity index (χ1) is 9.28. The normalized spacial score (nSPS) is 15.2. The maximum Gasteiger partial charge on any atom is 0.332 e. The van der Waals surface area contributed by atoms with Crippen molar-refractivity contribution < 1.29 is 20.7 Å². The molecule has 0 heterocycles. The highest BCUT2D eigenvalue weighted by Gasteiger charge is 2.32. The molecular formula is C13H20FNO4S2. The van der Waals surface area contributed by atoms with Crippen LogP contribution in [0.25, 0.3) is 0 Å². The lowest BCUT2D eigenvalue weighted by molar-refractivity contribution is 0.216. The molecule has 1 unspecified atom stereocenters. The molecule has 0 aliphatic carbocycles. The number of hydrogen-bond donors (Lipinski definition) is 0. The van der Waals surface area contributed by atoms with E-state index in [9.17, 15) is 20.7 Å². The molecule has 0 aliphatic rings. The van der Waals surface area contributed by atoms with Crippen molar-refractivity contribution in [3.63, 3.8) is 0 Å². The SMILES string of the molecule is CC(N(C)S(=O)(=O)c1cccc(S(=O)(=O)F)c1)C(C)(C)C. The highest BCUT2D eigenvalue weighted by atomic mass is 32.3. The topological polar surface area (TPSA) is 71.5 Å². The summed E-state index contributed by atoms with van der Waals surface area (Å²) in [6.07, 6.45) is 0. The molecule has 1 atom stereocenters. The number of nitrogens with zero attached hydrogens (tertiary/aromatic N) is 1. The summed E-state index contributed by atoms with van der Waals surface area (Å²) in [6.45, 7) is 7.44. The lowest BCUT2D eigenvalue weighted by Gasteiger charge is -2.34. The second kappa shape index (κ2) is 5.66. The molecule has 0 radical (unpaired) electrons. The molecule has 1 rings (SSSR count). The van der Waals surface area contributed by atoms with E-state index in [2.05, 4.69) is 0 Å². The Labute approximate surface area is 126 Å². The quantitative estimate of drug-likeness (QED) is 0.791. The smallest absolute Gasteiger partial charge is 0.207 e. The van der Waals surface area contributed by atoms with E-state index in [0.717, 1.165) is 16.4 Å². The van der Waals surface area contributed by atoms with Crippen molar-refractivity contribution in [2.45, 2.75) is 43.5 Å². The molecule has 0 N–H and O–H groups in total. The first kappa shape index (κ1) is 18.1. The number of rotatable bonds is 4. The van der Waals surface area contributed by atoms with E-state index in [1.54, 1.807) is 6.92 Å². The molecule has 0 spiro atoms. The van der Waals surface area contributed by atoms with Crippen LogP contribution in [0.5, 0.6) is 0 Å². The average molecular weight is 337 g/mol. The predicted molar refractivity (Wildman–Crippen MR) is 78.6 cm³/mol. The molecule has 0 aromatic heterocycles. The third-order valence-corrected chi connectivity index (χ3v) is 6.30. The van der Waals surface area contributed by atoms with Gasteiger partial charge in [-0.3, -0.25) is 0 Å². The maximum atomic E-state index is 13.0. The number of sulfonamides is 1. The summed E-state index contributed by atoms with van der Waals surface area (Å²) in [5, 5.41) is 0. The van der Waals surface area contributed by atoms with Gasteiger partial charge in [-0.2, -0.15) is 12.7 Å². The standard InChI is InChI=1S/C13H20FNO4S2/c1-10(13(2,3)4)15(5)21(18,19)12-8-6-7-11(9-12)20(14,16)17/h6-10H,1-5H3. The second-order valence-electron chi connectivity index (χ2n) is 5.98. The van der Waals surface area contributed by atoms with Gasteiger partial charge >= 0.3 is 10.2 Å². The van der Waals surface area contributed by atoms with Crippen molar-refractivity contribution in [3.8, 4) is 0 Å². The van der Waals surface area contributed by atoms with Gasteiger partial charge in [0.05, 0.1) is 9.79 Å². The van der Waals surface area contributed by atoms with Gasteiger partial charge in [0.25, 0.3) is 0 Å². The van der Waals surface area contributed by atoms with Crippen LogP contribution in [0.2, 0.25) is 0 Å². The first-order valence-corrected chi connectivity index (χ1v) is 9.13. The summed E-state index contributed by atoms with van der Waals surface area (Å²) < 4.78 is 61.0. The Balaban J connectivity index is 3.33. The van der Waals surface area contributed by atoms with Crippen LogP contribution in [0.1, 0.15) is 27.7 Å². The number of hydrogen-bond acceptors (Lipinski definition) is 4. The summed E-state index contributed by atoms with van der Waals surface area (Å²) >= 11 is 0. The van der Waals surface area contributed by atoms with E-state index < -0.39 is 25.1 Å². The maximum absolute atomic E-state index is 13.0. The van der Waals surface area contributed by atoms with Gasteiger partial charge in [-0.1, -0.05) is 26.8 Å². The van der Waals surface area contributed by atoms with E-state index in [1.165, 1.54) is 19.2 Å². The number of halogens is 1. The van der Waals surface area contributed by atoms with Gasteiger partial charge in [0.1, 0.15) is 0 Å². The molecule has 0 aliphatic heterocycles. The lowest BCUT2D eigenvalue weighted by atomic mass is 9.88. The van der Waals surface area contributed by atoms with E-state index in [0.29, 0.717) is 0 Å². The van der Waals surface area contributed by atoms with Gasteiger partial charge in [-0.25, -0.2) is 8.42 Å². The zero-order valence-corrected chi connectivity index (χ0v) is 14.3. The van der Waals surface area contributed by atoms with Gasteiger partial charge < -0.3 is 0 Å². The summed E-state index contributed by atoms with van der Waals surface area (Å²) in [5.41, 5.74) is -0.300. The Kier molecular flexibility index (Phi) is 4.87. The Morgan fingerprint density at radius 2 is 1.57 bits per heavy atom. The molecule has 1 aromatic rings. The second-order valence-corrected chi connectivity index (χ2v) is 9.32. The van der Waals surface area contributed by atoms with Crippen molar-refractivity contribution in [2.75, 3.05) is 7.05 Å². The van der Waals surface area contributed by atoms with Crippen molar-refractivity contribution >= 4 is 20.2 Å². The van der Waals surface area contributed by atoms with E-state index in [4.69, 9.17) is 0 Å². The summed E-state index contributed by atoms with van der Waals surface area (Å²) in [4.78, 5) is -0.916. The zero-order chi connectivity index (χ0) is 16.6. The molecule has 0 amide bonds. The molecule has 0 saturated heterocycles. The van der Waals surface area contributed by atoms with Gasteiger partial charge in [0.2, 0.25) is 10.0 Å². The molecule has 0 saturated carbocycles. The fourth-order valence-corrected chi connectivity index (χ4v) is 3.88. The van der Waals surface area contributed by atoms with Crippen LogP contribution in [0, 0.1) is 5.41 Å². The first-order valence-electron chi connectivity index (χ1n) is 6.30. The van der Waals surface area contributed by atoms with Gasteiger partial charge in [-0.05, 0) is 30.5 Å². The van der Waals surface area contributed by atoms with E-state index in [-0.39, 0.29) is 16.4 Å². The molecule has 0 bridgehead atoms. The highest BCUT2D eigenvalue weighted by molar-refractivity contribution is 7.89. The van der Waals surface area contributed by atoms with Crippen LogP contribution in [-0.4, -0.2) is 34.2 Å². The Bertz CT molecular complexity index is 721. The minimum Gasteiger partial charge on any atom is -0.207 e. The Hall–Kier alpha value is -0.990. The molecular weight excluding hydrogens is 317 g/mol. The number of benzene rings is 1. The fourth-order valence-electron chi connectivity index (χ4n) is 1.71. The molecule has 8 heteroatoms. The van der Waals surface area contributed by atoms with Crippen LogP contribution < -0.4 is 0 Å². The molecule has 120 valence electrons. The Morgan fingerprint density at radius 1 is 1.10 bits per heavy atom.